The van der Waals surface area contributed by atoms with Gasteiger partial charge in [-0.2, -0.15) is 0 Å². The molecule has 0 saturated carbocycles. The Labute approximate surface area is 197 Å². The van der Waals surface area contributed by atoms with Gasteiger partial charge in [0.1, 0.15) is 6.33 Å². The molecule has 160 valence electrons. The Hall–Kier alpha value is -4.70. The first-order valence-electron chi connectivity index (χ1n) is 11.1. The molecule has 4 nitrogen and oxygen atoms in total. The van der Waals surface area contributed by atoms with Crippen molar-refractivity contribution in [1.82, 2.24) is 19.9 Å². The van der Waals surface area contributed by atoms with E-state index in [0.717, 1.165) is 22.4 Å². The number of hydrogen-bond acceptors (Lipinski definition) is 4. The van der Waals surface area contributed by atoms with Crippen LogP contribution in [0.4, 0.5) is 0 Å². The topological polar surface area (TPSA) is 51.6 Å². The summed E-state index contributed by atoms with van der Waals surface area (Å²) < 4.78 is 0. The minimum absolute atomic E-state index is 0.649. The van der Waals surface area contributed by atoms with Gasteiger partial charge in [0.2, 0.25) is 0 Å². The van der Waals surface area contributed by atoms with E-state index in [1.54, 1.807) is 12.5 Å². The Balaban J connectivity index is 1.30. The Morgan fingerprint density at radius 3 is 1.76 bits per heavy atom. The summed E-state index contributed by atoms with van der Waals surface area (Å²) in [5.74, 6) is 1.30. The average Bonchev–Trinajstić information content (AvgIpc) is 2.93. The third-order valence-electron chi connectivity index (χ3n) is 5.92. The zero-order chi connectivity index (χ0) is 22.7. The number of fused-ring (bicyclic) bond motifs is 1. The fourth-order valence-electron chi connectivity index (χ4n) is 4.17. The maximum atomic E-state index is 4.73. The summed E-state index contributed by atoms with van der Waals surface area (Å²) >= 11 is 0. The Morgan fingerprint density at radius 2 is 1.06 bits per heavy atom. The summed E-state index contributed by atoms with van der Waals surface area (Å²) in [5.41, 5.74) is 6.28. The fourth-order valence-corrected chi connectivity index (χ4v) is 4.17. The normalized spacial score (nSPS) is 10.9. The van der Waals surface area contributed by atoms with Crippen molar-refractivity contribution >= 4 is 10.8 Å². The molecule has 2 heterocycles. The molecule has 0 aliphatic rings. The van der Waals surface area contributed by atoms with Crippen molar-refractivity contribution in [2.75, 3.05) is 0 Å². The van der Waals surface area contributed by atoms with Gasteiger partial charge in [-0.25, -0.2) is 15.0 Å². The van der Waals surface area contributed by atoms with E-state index in [9.17, 15) is 0 Å². The van der Waals surface area contributed by atoms with Crippen LogP contribution in [0, 0.1) is 0 Å². The largest absolute Gasteiger partial charge is 0.256 e. The quantitative estimate of drug-likeness (QED) is 0.296. The molecule has 0 aliphatic heterocycles. The third-order valence-corrected chi connectivity index (χ3v) is 5.92. The van der Waals surface area contributed by atoms with E-state index in [4.69, 9.17) is 4.98 Å². The van der Waals surface area contributed by atoms with Crippen molar-refractivity contribution in [3.63, 3.8) is 0 Å². The second kappa shape index (κ2) is 8.68. The summed E-state index contributed by atoms with van der Waals surface area (Å²) in [6, 6.07) is 37.3. The molecule has 0 N–H and O–H groups in total. The minimum atomic E-state index is 0.649. The number of aromatic nitrogens is 4. The van der Waals surface area contributed by atoms with Crippen LogP contribution in [-0.4, -0.2) is 19.9 Å². The molecule has 0 bridgehead atoms. The highest BCUT2D eigenvalue weighted by molar-refractivity contribution is 5.96. The lowest BCUT2D eigenvalue weighted by Gasteiger charge is -2.08. The SMILES string of the molecule is c1ccc(-c2ccc(-c3ncnc(-c4ccc(-c5cccc6ccccc56)cc4)n3)cc2)nc1. The zero-order valence-electron chi connectivity index (χ0n) is 18.3. The van der Waals surface area contributed by atoms with Crippen LogP contribution in [0.25, 0.3) is 55.9 Å². The molecule has 6 aromatic rings. The van der Waals surface area contributed by atoms with Gasteiger partial charge in [-0.3, -0.25) is 4.98 Å². The van der Waals surface area contributed by atoms with Crippen molar-refractivity contribution in [2.24, 2.45) is 0 Å². The maximum Gasteiger partial charge on any atom is 0.163 e. The molecule has 0 amide bonds. The Kier molecular flexibility index (Phi) is 5.09. The minimum Gasteiger partial charge on any atom is -0.256 e. The Morgan fingerprint density at radius 1 is 0.441 bits per heavy atom. The second-order valence-corrected chi connectivity index (χ2v) is 8.03. The van der Waals surface area contributed by atoms with Crippen LogP contribution in [0.5, 0.6) is 0 Å². The van der Waals surface area contributed by atoms with Crippen molar-refractivity contribution in [1.29, 1.82) is 0 Å². The van der Waals surface area contributed by atoms with Crippen molar-refractivity contribution in [3.8, 4) is 45.2 Å². The van der Waals surface area contributed by atoms with Crippen LogP contribution in [0.1, 0.15) is 0 Å². The number of rotatable bonds is 4. The highest BCUT2D eigenvalue weighted by Crippen LogP contribution is 2.30. The van der Waals surface area contributed by atoms with Crippen molar-refractivity contribution < 1.29 is 0 Å². The van der Waals surface area contributed by atoms with E-state index in [0.29, 0.717) is 11.6 Å². The second-order valence-electron chi connectivity index (χ2n) is 8.03. The van der Waals surface area contributed by atoms with Crippen LogP contribution in [0.15, 0.2) is 122 Å². The molecule has 6 rings (SSSR count). The third kappa shape index (κ3) is 3.82. The molecule has 2 aromatic heterocycles. The van der Waals surface area contributed by atoms with Gasteiger partial charge in [-0.05, 0) is 34.0 Å². The number of pyridine rings is 1. The van der Waals surface area contributed by atoms with E-state index in [1.807, 2.05) is 42.5 Å². The summed E-state index contributed by atoms with van der Waals surface area (Å²) in [5, 5.41) is 2.48. The van der Waals surface area contributed by atoms with E-state index in [2.05, 4.69) is 81.7 Å². The number of nitrogens with zero attached hydrogens (tertiary/aromatic N) is 4. The predicted octanol–water partition coefficient (Wildman–Crippen LogP) is 7.09. The van der Waals surface area contributed by atoms with Crippen LogP contribution in [0.3, 0.4) is 0 Å². The molecule has 34 heavy (non-hydrogen) atoms. The highest BCUT2D eigenvalue weighted by Gasteiger charge is 2.09. The van der Waals surface area contributed by atoms with E-state index < -0.39 is 0 Å². The van der Waals surface area contributed by atoms with Gasteiger partial charge >= 0.3 is 0 Å². The van der Waals surface area contributed by atoms with Gasteiger partial charge in [0.05, 0.1) is 5.69 Å². The lowest BCUT2D eigenvalue weighted by atomic mass is 9.97. The smallest absolute Gasteiger partial charge is 0.163 e. The fraction of sp³-hybridized carbons (Fsp3) is 0. The molecule has 0 spiro atoms. The van der Waals surface area contributed by atoms with Crippen LogP contribution >= 0.6 is 0 Å². The summed E-state index contributed by atoms with van der Waals surface area (Å²) in [6.45, 7) is 0. The molecule has 0 fully saturated rings. The van der Waals surface area contributed by atoms with Crippen molar-refractivity contribution in [2.45, 2.75) is 0 Å². The maximum absolute atomic E-state index is 4.73. The number of hydrogen-bond donors (Lipinski definition) is 0. The first-order chi connectivity index (χ1) is 16.8. The molecule has 4 aromatic carbocycles. The summed E-state index contributed by atoms with van der Waals surface area (Å²) in [4.78, 5) is 18.0. The summed E-state index contributed by atoms with van der Waals surface area (Å²) in [6.07, 6.45) is 3.37. The van der Waals surface area contributed by atoms with E-state index >= 15 is 0 Å². The van der Waals surface area contributed by atoms with E-state index in [1.165, 1.54) is 21.9 Å². The molecule has 0 saturated heterocycles. The van der Waals surface area contributed by atoms with Crippen LogP contribution < -0.4 is 0 Å². The first-order valence-corrected chi connectivity index (χ1v) is 11.1. The van der Waals surface area contributed by atoms with Crippen molar-refractivity contribution in [3.05, 3.63) is 122 Å². The molecular weight excluding hydrogens is 416 g/mol. The monoisotopic (exact) mass is 436 g/mol. The molecule has 0 radical (unpaired) electrons. The molecule has 0 atom stereocenters. The molecule has 0 aliphatic carbocycles. The lowest BCUT2D eigenvalue weighted by Crippen LogP contribution is -1.95. The van der Waals surface area contributed by atoms with Gasteiger partial charge in [0.15, 0.2) is 11.6 Å². The standard InChI is InChI=1S/C30H20N4/c1-2-8-26-21(6-1)7-5-9-27(26)22-11-15-24(16-12-22)29-32-20-33-30(34-29)25-17-13-23(14-18-25)28-10-3-4-19-31-28/h1-20H. The lowest BCUT2D eigenvalue weighted by molar-refractivity contribution is 1.07. The van der Waals surface area contributed by atoms with Crippen LogP contribution in [0.2, 0.25) is 0 Å². The van der Waals surface area contributed by atoms with Gasteiger partial charge in [-0.15, -0.1) is 0 Å². The molecule has 4 heteroatoms. The van der Waals surface area contributed by atoms with Gasteiger partial charge in [0.25, 0.3) is 0 Å². The highest BCUT2D eigenvalue weighted by atomic mass is 15.0. The van der Waals surface area contributed by atoms with Crippen LogP contribution in [-0.2, 0) is 0 Å². The van der Waals surface area contributed by atoms with E-state index in [-0.39, 0.29) is 0 Å². The van der Waals surface area contributed by atoms with Gasteiger partial charge in [-0.1, -0.05) is 97.1 Å². The zero-order valence-corrected chi connectivity index (χ0v) is 18.3. The predicted molar refractivity (Wildman–Crippen MR) is 137 cm³/mol. The Bertz CT molecular complexity index is 1570. The molecular formula is C30H20N4. The van der Waals surface area contributed by atoms with Gasteiger partial charge < -0.3 is 0 Å². The average molecular weight is 437 g/mol. The first kappa shape index (κ1) is 19.9. The summed E-state index contributed by atoms with van der Waals surface area (Å²) in [7, 11) is 0. The molecule has 0 unspecified atom stereocenters. The number of benzene rings is 4. The van der Waals surface area contributed by atoms with Gasteiger partial charge in [0, 0.05) is 22.9 Å².